The van der Waals surface area contributed by atoms with Crippen molar-refractivity contribution in [1.82, 2.24) is 4.72 Å². The lowest BCUT2D eigenvalue weighted by molar-refractivity contribution is 0.182. The van der Waals surface area contributed by atoms with E-state index in [-0.39, 0.29) is 12.3 Å². The number of sulfonamides is 1. The van der Waals surface area contributed by atoms with Crippen LogP contribution >= 0.6 is 11.6 Å². The summed E-state index contributed by atoms with van der Waals surface area (Å²) in [6, 6.07) is 12.0. The van der Waals surface area contributed by atoms with E-state index in [1.54, 1.807) is 24.3 Å². The molecule has 0 spiro atoms. The molecular formula is C15H15ClFNO3S. The number of benzene rings is 2. The Kier molecular flexibility index (Phi) is 5.52. The van der Waals surface area contributed by atoms with Gasteiger partial charge in [0.1, 0.15) is 5.82 Å². The van der Waals surface area contributed by atoms with Crippen molar-refractivity contribution in [3.8, 4) is 0 Å². The molecule has 7 heteroatoms. The predicted octanol–water partition coefficient (Wildman–Crippen LogP) is 2.63. The molecule has 118 valence electrons. The number of aliphatic hydroxyl groups is 1. The van der Waals surface area contributed by atoms with Gasteiger partial charge in [-0.2, -0.15) is 0 Å². The lowest BCUT2D eigenvalue weighted by Gasteiger charge is -2.14. The fourth-order valence-corrected chi connectivity index (χ4v) is 3.35. The Labute approximate surface area is 133 Å². The molecule has 0 aliphatic rings. The summed E-state index contributed by atoms with van der Waals surface area (Å²) in [6.45, 7) is -0.207. The summed E-state index contributed by atoms with van der Waals surface area (Å²) in [5, 5.41) is 10.4. The third kappa shape index (κ3) is 4.78. The van der Waals surface area contributed by atoms with Crippen molar-refractivity contribution < 1.29 is 17.9 Å². The summed E-state index contributed by atoms with van der Waals surface area (Å²) in [5.74, 6) is -0.858. The van der Waals surface area contributed by atoms with Crippen molar-refractivity contribution in [1.29, 1.82) is 0 Å². The van der Waals surface area contributed by atoms with Crippen LogP contribution in [-0.2, 0) is 15.8 Å². The number of nitrogens with one attached hydrogen (secondary N) is 1. The Bertz CT molecular complexity index is 752. The van der Waals surface area contributed by atoms with Crippen LogP contribution in [0.3, 0.4) is 0 Å². The second-order valence-electron chi connectivity index (χ2n) is 4.77. The molecule has 0 heterocycles. The first-order valence-corrected chi connectivity index (χ1v) is 8.55. The van der Waals surface area contributed by atoms with Crippen molar-refractivity contribution in [2.45, 2.75) is 11.9 Å². The molecule has 22 heavy (non-hydrogen) atoms. The van der Waals surface area contributed by atoms with Gasteiger partial charge in [0, 0.05) is 17.1 Å². The predicted molar refractivity (Wildman–Crippen MR) is 83.4 cm³/mol. The van der Waals surface area contributed by atoms with Crippen LogP contribution < -0.4 is 4.72 Å². The Morgan fingerprint density at radius 1 is 1.18 bits per heavy atom. The molecule has 0 saturated heterocycles. The van der Waals surface area contributed by atoms with Crippen LogP contribution in [0.5, 0.6) is 0 Å². The first-order chi connectivity index (χ1) is 10.4. The van der Waals surface area contributed by atoms with Crippen LogP contribution in [0, 0.1) is 5.82 Å². The zero-order chi connectivity index (χ0) is 16.2. The second-order valence-corrected chi connectivity index (χ2v) is 6.99. The molecule has 1 atom stereocenters. The summed E-state index contributed by atoms with van der Waals surface area (Å²) in [5.41, 5.74) is 0.775. The largest absolute Gasteiger partial charge is 0.387 e. The third-order valence-corrected chi connectivity index (χ3v) is 4.67. The van der Waals surface area contributed by atoms with Crippen LogP contribution in [0.1, 0.15) is 17.2 Å². The van der Waals surface area contributed by atoms with Gasteiger partial charge in [0.15, 0.2) is 0 Å². The lowest BCUT2D eigenvalue weighted by Crippen LogP contribution is -2.29. The number of rotatable bonds is 6. The van der Waals surface area contributed by atoms with Crippen LogP contribution in [0.4, 0.5) is 4.39 Å². The van der Waals surface area contributed by atoms with Crippen molar-refractivity contribution in [2.75, 3.05) is 6.54 Å². The lowest BCUT2D eigenvalue weighted by atomic mass is 10.1. The van der Waals surface area contributed by atoms with E-state index in [0.29, 0.717) is 16.1 Å². The van der Waals surface area contributed by atoms with Gasteiger partial charge >= 0.3 is 0 Å². The quantitative estimate of drug-likeness (QED) is 0.847. The fraction of sp³-hybridized carbons (Fsp3) is 0.200. The minimum absolute atomic E-state index is 0.207. The molecule has 2 aromatic rings. The van der Waals surface area contributed by atoms with E-state index in [4.69, 9.17) is 11.6 Å². The molecule has 2 aromatic carbocycles. The minimum atomic E-state index is -3.69. The maximum absolute atomic E-state index is 13.1. The summed E-state index contributed by atoms with van der Waals surface area (Å²) in [6.07, 6.45) is -1.06. The van der Waals surface area contributed by atoms with Crippen molar-refractivity contribution in [3.05, 3.63) is 70.5 Å². The standard InChI is InChI=1S/C15H15ClFNO3S/c16-14-7-2-1-6-13(14)15(19)9-18-22(20,21)10-11-4-3-5-12(17)8-11/h1-8,15,18-19H,9-10H2/t15-/m1/s1. The molecule has 0 bridgehead atoms. The number of hydrogen-bond acceptors (Lipinski definition) is 3. The van der Waals surface area contributed by atoms with Gasteiger partial charge in [-0.3, -0.25) is 0 Å². The van der Waals surface area contributed by atoms with Crippen LogP contribution in [0.2, 0.25) is 5.02 Å². The SMILES string of the molecule is O=S(=O)(Cc1cccc(F)c1)NC[C@@H](O)c1ccccc1Cl. The van der Waals surface area contributed by atoms with E-state index in [1.807, 2.05) is 0 Å². The van der Waals surface area contributed by atoms with Gasteiger partial charge in [-0.25, -0.2) is 17.5 Å². The summed E-state index contributed by atoms with van der Waals surface area (Å²) < 4.78 is 39.3. The first-order valence-electron chi connectivity index (χ1n) is 6.52. The van der Waals surface area contributed by atoms with Gasteiger partial charge in [0.2, 0.25) is 10.0 Å². The van der Waals surface area contributed by atoms with E-state index in [9.17, 15) is 17.9 Å². The fourth-order valence-electron chi connectivity index (χ4n) is 1.96. The van der Waals surface area contributed by atoms with Gasteiger partial charge in [0.25, 0.3) is 0 Å². The molecular weight excluding hydrogens is 329 g/mol. The van der Waals surface area contributed by atoms with Crippen molar-refractivity contribution >= 4 is 21.6 Å². The number of halogens is 2. The van der Waals surface area contributed by atoms with E-state index < -0.39 is 21.9 Å². The zero-order valence-electron chi connectivity index (χ0n) is 11.5. The summed E-state index contributed by atoms with van der Waals surface area (Å²) >= 11 is 5.94. The van der Waals surface area contributed by atoms with Crippen molar-refractivity contribution in [3.63, 3.8) is 0 Å². The smallest absolute Gasteiger partial charge is 0.215 e. The third-order valence-electron chi connectivity index (χ3n) is 3.01. The number of aliphatic hydroxyl groups excluding tert-OH is 1. The molecule has 0 aliphatic heterocycles. The molecule has 4 nitrogen and oxygen atoms in total. The number of hydrogen-bond donors (Lipinski definition) is 2. The van der Waals surface area contributed by atoms with Gasteiger partial charge in [-0.05, 0) is 23.8 Å². The van der Waals surface area contributed by atoms with Crippen LogP contribution in [0.15, 0.2) is 48.5 Å². The Balaban J connectivity index is 1.99. The van der Waals surface area contributed by atoms with Gasteiger partial charge in [-0.1, -0.05) is 41.9 Å². The summed E-state index contributed by atoms with van der Waals surface area (Å²) in [7, 11) is -3.69. The topological polar surface area (TPSA) is 66.4 Å². The molecule has 2 N–H and O–H groups in total. The van der Waals surface area contributed by atoms with E-state index >= 15 is 0 Å². The van der Waals surface area contributed by atoms with E-state index in [0.717, 1.165) is 6.07 Å². The molecule has 0 radical (unpaired) electrons. The Morgan fingerprint density at radius 3 is 2.59 bits per heavy atom. The monoisotopic (exact) mass is 343 g/mol. The second kappa shape index (κ2) is 7.19. The zero-order valence-corrected chi connectivity index (χ0v) is 13.1. The highest BCUT2D eigenvalue weighted by molar-refractivity contribution is 7.88. The Morgan fingerprint density at radius 2 is 1.91 bits per heavy atom. The average Bonchev–Trinajstić information content (AvgIpc) is 2.45. The highest BCUT2D eigenvalue weighted by atomic mass is 35.5. The molecule has 0 fully saturated rings. The summed E-state index contributed by atoms with van der Waals surface area (Å²) in [4.78, 5) is 0. The average molecular weight is 344 g/mol. The highest BCUT2D eigenvalue weighted by Crippen LogP contribution is 2.22. The maximum atomic E-state index is 13.1. The maximum Gasteiger partial charge on any atom is 0.215 e. The molecule has 0 unspecified atom stereocenters. The Hall–Kier alpha value is -1.47. The molecule has 0 saturated carbocycles. The first kappa shape index (κ1) is 16.9. The van der Waals surface area contributed by atoms with Gasteiger partial charge < -0.3 is 5.11 Å². The van der Waals surface area contributed by atoms with Crippen LogP contribution in [-0.4, -0.2) is 20.1 Å². The van der Waals surface area contributed by atoms with Gasteiger partial charge in [-0.15, -0.1) is 0 Å². The van der Waals surface area contributed by atoms with Crippen LogP contribution in [0.25, 0.3) is 0 Å². The molecule has 2 rings (SSSR count). The van der Waals surface area contributed by atoms with E-state index in [2.05, 4.69) is 4.72 Å². The van der Waals surface area contributed by atoms with Crippen molar-refractivity contribution in [2.24, 2.45) is 0 Å². The van der Waals surface area contributed by atoms with Gasteiger partial charge in [0.05, 0.1) is 11.9 Å². The molecule has 0 aromatic heterocycles. The highest BCUT2D eigenvalue weighted by Gasteiger charge is 2.16. The molecule has 0 amide bonds. The van der Waals surface area contributed by atoms with E-state index in [1.165, 1.54) is 18.2 Å². The molecule has 0 aliphatic carbocycles. The normalized spacial score (nSPS) is 13.0. The minimum Gasteiger partial charge on any atom is -0.387 e.